The third-order valence-electron chi connectivity index (χ3n) is 12.1. The van der Waals surface area contributed by atoms with Crippen molar-refractivity contribution in [3.8, 4) is 0 Å². The van der Waals surface area contributed by atoms with Crippen LogP contribution in [0.1, 0.15) is 113 Å². The van der Waals surface area contributed by atoms with Crippen LogP contribution in [0.15, 0.2) is 22.8 Å². The van der Waals surface area contributed by atoms with E-state index in [-0.39, 0.29) is 10.5 Å². The molecule has 0 unspecified atom stereocenters. The van der Waals surface area contributed by atoms with Gasteiger partial charge in [0.05, 0.1) is 6.10 Å². The minimum absolute atomic E-state index is 0.215. The molecule has 35 heavy (non-hydrogen) atoms. The van der Waals surface area contributed by atoms with E-state index < -0.39 is 8.32 Å². The molecule has 0 heterocycles. The third kappa shape index (κ3) is 4.38. The molecule has 0 aromatic heterocycles. The molecule has 0 spiro atoms. The lowest BCUT2D eigenvalue weighted by Crippen LogP contribution is -2.57. The lowest BCUT2D eigenvalue weighted by molar-refractivity contribution is -0.0839. The smallest absolute Gasteiger partial charge is 0.192 e. The molecule has 0 bridgehead atoms. The summed E-state index contributed by atoms with van der Waals surface area (Å²) in [5.74, 6) is 2.15. The van der Waals surface area contributed by atoms with Gasteiger partial charge < -0.3 is 9.53 Å². The molecule has 1 N–H and O–H groups in total. The molecule has 0 saturated heterocycles. The van der Waals surface area contributed by atoms with Gasteiger partial charge >= 0.3 is 0 Å². The van der Waals surface area contributed by atoms with Gasteiger partial charge in [-0.05, 0) is 121 Å². The Labute approximate surface area is 218 Å². The fourth-order valence-corrected chi connectivity index (χ4v) is 10.4. The summed E-state index contributed by atoms with van der Waals surface area (Å²) in [4.78, 5) is 0. The largest absolute Gasteiger partial charge is 0.413 e. The Balaban J connectivity index is 1.60. The molecular weight excluding hydrogens is 444 g/mol. The molecule has 4 aliphatic carbocycles. The summed E-state index contributed by atoms with van der Waals surface area (Å²) in [7, 11) is -1.79. The summed E-state index contributed by atoms with van der Waals surface area (Å²) in [6, 6.07) is 0. The Morgan fingerprint density at radius 2 is 1.74 bits per heavy atom. The van der Waals surface area contributed by atoms with Gasteiger partial charge in [-0.25, -0.2) is 0 Å². The molecule has 2 nitrogen and oxygen atoms in total. The van der Waals surface area contributed by atoms with Gasteiger partial charge in [-0.15, -0.1) is 0 Å². The number of allylic oxidation sites excluding steroid dienone is 4. The zero-order chi connectivity index (χ0) is 26.0. The molecule has 200 valence electrons. The topological polar surface area (TPSA) is 29.5 Å². The average molecular weight is 501 g/mol. The number of aliphatic hydroxyl groups is 1. The van der Waals surface area contributed by atoms with Crippen LogP contribution in [0.5, 0.6) is 0 Å². The van der Waals surface area contributed by atoms with Crippen LogP contribution >= 0.6 is 0 Å². The average Bonchev–Trinajstić information content (AvgIpc) is 3.10. The molecule has 0 radical (unpaired) electrons. The minimum Gasteiger partial charge on any atom is -0.413 e. The molecule has 3 heteroatoms. The third-order valence-corrected chi connectivity index (χ3v) is 16.6. The van der Waals surface area contributed by atoms with Crippen LogP contribution in [0.4, 0.5) is 0 Å². The molecule has 0 aliphatic heterocycles. The van der Waals surface area contributed by atoms with Crippen molar-refractivity contribution in [1.29, 1.82) is 0 Å². The van der Waals surface area contributed by atoms with Crippen molar-refractivity contribution in [2.24, 2.45) is 34.0 Å². The SMILES string of the molecule is C[C@H](CCCO)[C@H]1CC=C2C3=C(CC[C@@]21C)[C@@]1(C)CC[C@H](O[Si](C)(C)C(C)(C)C)C(C)(C)[C@@H]1CC3. The Kier molecular flexibility index (Phi) is 7.20. The van der Waals surface area contributed by atoms with E-state index in [1.54, 1.807) is 11.1 Å². The van der Waals surface area contributed by atoms with Crippen molar-refractivity contribution in [1.82, 2.24) is 0 Å². The Morgan fingerprint density at radius 3 is 2.37 bits per heavy atom. The first-order valence-corrected chi connectivity index (χ1v) is 17.7. The second kappa shape index (κ2) is 9.12. The van der Waals surface area contributed by atoms with Crippen LogP contribution in [0.25, 0.3) is 0 Å². The van der Waals surface area contributed by atoms with Crippen molar-refractivity contribution in [3.63, 3.8) is 0 Å². The molecule has 6 atom stereocenters. The van der Waals surface area contributed by atoms with Crippen LogP contribution < -0.4 is 0 Å². The predicted molar refractivity (Wildman–Crippen MR) is 152 cm³/mol. The quantitative estimate of drug-likeness (QED) is 0.368. The molecule has 1 saturated carbocycles. The van der Waals surface area contributed by atoms with Crippen molar-refractivity contribution < 1.29 is 9.53 Å². The van der Waals surface area contributed by atoms with Gasteiger partial charge in [0.15, 0.2) is 8.32 Å². The van der Waals surface area contributed by atoms with Gasteiger partial charge in [0.1, 0.15) is 0 Å². The summed E-state index contributed by atoms with van der Waals surface area (Å²) >= 11 is 0. The van der Waals surface area contributed by atoms with Crippen LogP contribution in [-0.4, -0.2) is 26.1 Å². The summed E-state index contributed by atoms with van der Waals surface area (Å²) in [6.45, 7) is 25.1. The second-order valence-corrected chi connectivity index (χ2v) is 20.2. The van der Waals surface area contributed by atoms with E-state index in [1.807, 2.05) is 5.57 Å². The highest BCUT2D eigenvalue weighted by molar-refractivity contribution is 6.74. The summed E-state index contributed by atoms with van der Waals surface area (Å²) in [6.07, 6.45) is 14.1. The van der Waals surface area contributed by atoms with E-state index >= 15 is 0 Å². The lowest BCUT2D eigenvalue weighted by atomic mass is 9.46. The Bertz CT molecular complexity index is 874. The number of fused-ring (bicyclic) bond motifs is 4. The lowest BCUT2D eigenvalue weighted by Gasteiger charge is -2.61. The van der Waals surface area contributed by atoms with Gasteiger partial charge in [0, 0.05) is 6.61 Å². The van der Waals surface area contributed by atoms with Crippen LogP contribution in [0, 0.1) is 34.0 Å². The highest BCUT2D eigenvalue weighted by Crippen LogP contribution is 2.67. The van der Waals surface area contributed by atoms with Gasteiger partial charge in [0.2, 0.25) is 0 Å². The maximum absolute atomic E-state index is 9.38. The summed E-state index contributed by atoms with van der Waals surface area (Å²) in [5.41, 5.74) is 6.22. The van der Waals surface area contributed by atoms with Gasteiger partial charge in [0.25, 0.3) is 0 Å². The second-order valence-electron chi connectivity index (χ2n) is 15.4. The normalized spacial score (nSPS) is 37.9. The van der Waals surface area contributed by atoms with Crippen LogP contribution in [-0.2, 0) is 4.43 Å². The van der Waals surface area contributed by atoms with Gasteiger partial charge in [-0.1, -0.05) is 67.0 Å². The maximum atomic E-state index is 9.38. The summed E-state index contributed by atoms with van der Waals surface area (Å²) in [5, 5.41) is 9.65. The van der Waals surface area contributed by atoms with E-state index in [0.717, 1.165) is 18.8 Å². The monoisotopic (exact) mass is 500 g/mol. The molecule has 0 aromatic carbocycles. The highest BCUT2D eigenvalue weighted by Gasteiger charge is 2.58. The van der Waals surface area contributed by atoms with Crippen molar-refractivity contribution >= 4 is 8.32 Å². The molecule has 0 amide bonds. The first-order chi connectivity index (χ1) is 16.1. The van der Waals surface area contributed by atoms with Crippen LogP contribution in [0.3, 0.4) is 0 Å². The number of aliphatic hydroxyl groups excluding tert-OH is 1. The molecule has 0 aromatic rings. The molecular formula is C32H56O2Si. The Morgan fingerprint density at radius 1 is 1.06 bits per heavy atom. The Hall–Kier alpha value is -0.383. The van der Waals surface area contributed by atoms with Gasteiger partial charge in [-0.3, -0.25) is 0 Å². The molecule has 4 aliphatic rings. The highest BCUT2D eigenvalue weighted by atomic mass is 28.4. The molecule has 4 rings (SSSR count). The van der Waals surface area contributed by atoms with Crippen molar-refractivity contribution in [3.05, 3.63) is 22.8 Å². The predicted octanol–water partition coefficient (Wildman–Crippen LogP) is 9.06. The molecule has 1 fully saturated rings. The minimum atomic E-state index is -1.79. The van der Waals surface area contributed by atoms with E-state index in [4.69, 9.17) is 4.43 Å². The first-order valence-electron chi connectivity index (χ1n) is 14.8. The number of hydrogen-bond acceptors (Lipinski definition) is 2. The standard InChI is InChI=1S/C32H56O2Si/c1-22(12-11-21-33)24-14-15-25-23-13-16-27-30(5,6)28(34-35(9,10)29(2,3)4)18-20-32(27,8)26(23)17-19-31(24,25)7/h15,22,24,27-28,33H,11-14,16-21H2,1-10H3/t22-,24-,27+,28+,31-,32-/m1/s1. The van der Waals surface area contributed by atoms with E-state index in [2.05, 4.69) is 74.6 Å². The van der Waals surface area contributed by atoms with Crippen LogP contribution in [0.2, 0.25) is 18.1 Å². The number of hydrogen-bond donors (Lipinski definition) is 1. The van der Waals surface area contributed by atoms with E-state index in [1.165, 1.54) is 44.9 Å². The fourth-order valence-electron chi connectivity index (χ4n) is 8.92. The zero-order valence-electron chi connectivity index (χ0n) is 24.8. The van der Waals surface area contributed by atoms with Crippen molar-refractivity contribution in [2.75, 3.05) is 6.61 Å². The summed E-state index contributed by atoms with van der Waals surface area (Å²) < 4.78 is 7.14. The van der Waals surface area contributed by atoms with E-state index in [0.29, 0.717) is 35.4 Å². The fraction of sp³-hybridized carbons (Fsp3) is 0.875. The van der Waals surface area contributed by atoms with E-state index in [9.17, 15) is 5.11 Å². The first kappa shape index (κ1) is 27.6. The van der Waals surface area contributed by atoms with Gasteiger partial charge in [-0.2, -0.15) is 0 Å². The maximum Gasteiger partial charge on any atom is 0.192 e. The zero-order valence-corrected chi connectivity index (χ0v) is 25.8. The number of rotatable bonds is 6. The van der Waals surface area contributed by atoms with Crippen molar-refractivity contribution in [2.45, 2.75) is 137 Å².